The van der Waals surface area contributed by atoms with E-state index in [1.54, 1.807) is 0 Å². The average molecular weight is 156 g/mol. The first kappa shape index (κ1) is 9.01. The molecule has 1 atom stereocenters. The van der Waals surface area contributed by atoms with Gasteiger partial charge in [0.15, 0.2) is 0 Å². The summed E-state index contributed by atoms with van der Waals surface area (Å²) in [6, 6.07) is 0.746. The van der Waals surface area contributed by atoms with Gasteiger partial charge in [0.2, 0.25) is 0 Å². The van der Waals surface area contributed by atoms with Crippen molar-refractivity contribution in [2.24, 2.45) is 0 Å². The molecule has 0 aromatic carbocycles. The second kappa shape index (κ2) is 4.73. The molecule has 1 fully saturated rings. The van der Waals surface area contributed by atoms with Gasteiger partial charge in [-0.15, -0.1) is 0 Å². The molecule has 0 unspecified atom stereocenters. The van der Waals surface area contributed by atoms with Crippen molar-refractivity contribution in [1.29, 1.82) is 0 Å². The molecule has 1 aliphatic rings. The van der Waals surface area contributed by atoms with Crippen LogP contribution in [0, 0.1) is 0 Å². The van der Waals surface area contributed by atoms with Crippen LogP contribution in [0.4, 0.5) is 0 Å². The molecule has 0 radical (unpaired) electrons. The minimum atomic E-state index is 0.746. The lowest BCUT2D eigenvalue weighted by Gasteiger charge is -2.32. The summed E-state index contributed by atoms with van der Waals surface area (Å²) in [4.78, 5) is 2.56. The molecule has 1 heterocycles. The summed E-state index contributed by atoms with van der Waals surface area (Å²) in [5.41, 5.74) is 0. The van der Waals surface area contributed by atoms with Crippen molar-refractivity contribution in [2.45, 2.75) is 32.2 Å². The lowest BCUT2D eigenvalue weighted by molar-refractivity contribution is 0.195. The third kappa shape index (κ3) is 2.80. The Morgan fingerprint density at radius 1 is 1.55 bits per heavy atom. The number of hydrogen-bond acceptors (Lipinski definition) is 2. The summed E-state index contributed by atoms with van der Waals surface area (Å²) in [5.74, 6) is 0. The van der Waals surface area contributed by atoms with Crippen molar-refractivity contribution in [3.8, 4) is 0 Å². The minimum Gasteiger partial charge on any atom is -0.316 e. The van der Waals surface area contributed by atoms with Crippen LogP contribution in [-0.4, -0.2) is 37.6 Å². The maximum atomic E-state index is 3.35. The first-order valence-corrected chi connectivity index (χ1v) is 4.76. The average Bonchev–Trinajstić information content (AvgIpc) is 2.06. The standard InChI is InChI=1S/C9H20N2/c1-3-6-11-7-4-5-9(8-11)10-2/h9-10H,3-8H2,1-2H3/t9-/m1/s1. The van der Waals surface area contributed by atoms with Crippen LogP contribution in [-0.2, 0) is 0 Å². The van der Waals surface area contributed by atoms with Gasteiger partial charge in [0.1, 0.15) is 0 Å². The van der Waals surface area contributed by atoms with Crippen LogP contribution < -0.4 is 5.32 Å². The van der Waals surface area contributed by atoms with E-state index in [2.05, 4.69) is 24.2 Å². The number of likely N-dealkylation sites (N-methyl/N-ethyl adjacent to an activating group) is 1. The molecule has 1 rings (SSSR count). The summed E-state index contributed by atoms with van der Waals surface area (Å²) >= 11 is 0. The molecule has 1 saturated heterocycles. The van der Waals surface area contributed by atoms with Crippen molar-refractivity contribution in [3.63, 3.8) is 0 Å². The smallest absolute Gasteiger partial charge is 0.0192 e. The molecular weight excluding hydrogens is 136 g/mol. The zero-order chi connectivity index (χ0) is 8.10. The van der Waals surface area contributed by atoms with Crippen LogP contribution in [0.15, 0.2) is 0 Å². The van der Waals surface area contributed by atoms with Gasteiger partial charge in [0, 0.05) is 12.6 Å². The molecule has 0 saturated carbocycles. The minimum absolute atomic E-state index is 0.746. The predicted molar refractivity (Wildman–Crippen MR) is 48.8 cm³/mol. The molecule has 11 heavy (non-hydrogen) atoms. The van der Waals surface area contributed by atoms with Crippen LogP contribution in [0.3, 0.4) is 0 Å². The number of piperidine rings is 1. The molecular formula is C9H20N2. The lowest BCUT2D eigenvalue weighted by atomic mass is 10.1. The first-order chi connectivity index (χ1) is 5.36. The molecule has 0 aliphatic carbocycles. The fourth-order valence-corrected chi connectivity index (χ4v) is 1.81. The van der Waals surface area contributed by atoms with Gasteiger partial charge in [0.25, 0.3) is 0 Å². The van der Waals surface area contributed by atoms with Gasteiger partial charge in [-0.25, -0.2) is 0 Å². The van der Waals surface area contributed by atoms with E-state index in [0.29, 0.717) is 0 Å². The number of nitrogens with zero attached hydrogens (tertiary/aromatic N) is 1. The predicted octanol–water partition coefficient (Wildman–Crippen LogP) is 1.08. The van der Waals surface area contributed by atoms with E-state index in [1.165, 1.54) is 38.9 Å². The molecule has 2 nitrogen and oxygen atoms in total. The van der Waals surface area contributed by atoms with E-state index < -0.39 is 0 Å². The molecule has 0 aromatic heterocycles. The summed E-state index contributed by atoms with van der Waals surface area (Å²) < 4.78 is 0. The van der Waals surface area contributed by atoms with Crippen LogP contribution in [0.25, 0.3) is 0 Å². The van der Waals surface area contributed by atoms with Crippen molar-refractivity contribution >= 4 is 0 Å². The fourth-order valence-electron chi connectivity index (χ4n) is 1.81. The molecule has 1 N–H and O–H groups in total. The van der Waals surface area contributed by atoms with Gasteiger partial charge in [-0.3, -0.25) is 0 Å². The summed E-state index contributed by atoms with van der Waals surface area (Å²) in [6.07, 6.45) is 4.01. The van der Waals surface area contributed by atoms with Gasteiger partial charge in [-0.2, -0.15) is 0 Å². The lowest BCUT2D eigenvalue weighted by Crippen LogP contribution is -2.44. The Bertz CT molecular complexity index is 102. The maximum absolute atomic E-state index is 3.35. The van der Waals surface area contributed by atoms with Gasteiger partial charge in [-0.05, 0) is 39.4 Å². The largest absolute Gasteiger partial charge is 0.316 e. The van der Waals surface area contributed by atoms with E-state index in [4.69, 9.17) is 0 Å². The summed E-state index contributed by atoms with van der Waals surface area (Å²) in [6.45, 7) is 6.09. The Morgan fingerprint density at radius 3 is 3.00 bits per heavy atom. The monoisotopic (exact) mass is 156 g/mol. The highest BCUT2D eigenvalue weighted by atomic mass is 15.2. The van der Waals surface area contributed by atoms with Gasteiger partial charge >= 0.3 is 0 Å². The Balaban J connectivity index is 2.21. The Labute approximate surface area is 70.0 Å². The Kier molecular flexibility index (Phi) is 3.87. The molecule has 2 heteroatoms. The molecule has 0 amide bonds. The van der Waals surface area contributed by atoms with Gasteiger partial charge in [-0.1, -0.05) is 6.92 Å². The Morgan fingerprint density at radius 2 is 2.36 bits per heavy atom. The van der Waals surface area contributed by atoms with E-state index >= 15 is 0 Å². The van der Waals surface area contributed by atoms with E-state index in [1.807, 2.05) is 0 Å². The first-order valence-electron chi connectivity index (χ1n) is 4.76. The molecule has 1 aliphatic heterocycles. The third-order valence-electron chi connectivity index (χ3n) is 2.45. The van der Waals surface area contributed by atoms with Crippen LogP contribution in [0.2, 0.25) is 0 Å². The third-order valence-corrected chi connectivity index (χ3v) is 2.45. The van der Waals surface area contributed by atoms with E-state index in [-0.39, 0.29) is 0 Å². The number of nitrogens with one attached hydrogen (secondary N) is 1. The molecule has 66 valence electrons. The van der Waals surface area contributed by atoms with Crippen molar-refractivity contribution < 1.29 is 0 Å². The summed E-state index contributed by atoms with van der Waals surface area (Å²) in [5, 5.41) is 3.35. The maximum Gasteiger partial charge on any atom is 0.0192 e. The highest BCUT2D eigenvalue weighted by Gasteiger charge is 2.16. The molecule has 0 bridgehead atoms. The number of likely N-dealkylation sites (tertiary alicyclic amines) is 1. The van der Waals surface area contributed by atoms with E-state index in [9.17, 15) is 0 Å². The van der Waals surface area contributed by atoms with Crippen LogP contribution in [0.1, 0.15) is 26.2 Å². The SMILES string of the molecule is CCCN1CCC[C@@H](NC)C1. The normalized spacial score (nSPS) is 27.3. The van der Waals surface area contributed by atoms with Crippen molar-refractivity contribution in [1.82, 2.24) is 10.2 Å². The highest BCUT2D eigenvalue weighted by Crippen LogP contribution is 2.09. The zero-order valence-electron chi connectivity index (χ0n) is 7.77. The number of hydrogen-bond donors (Lipinski definition) is 1. The van der Waals surface area contributed by atoms with E-state index in [0.717, 1.165) is 6.04 Å². The Hall–Kier alpha value is -0.0800. The topological polar surface area (TPSA) is 15.3 Å². The highest BCUT2D eigenvalue weighted by molar-refractivity contribution is 4.76. The number of rotatable bonds is 3. The van der Waals surface area contributed by atoms with Crippen molar-refractivity contribution in [3.05, 3.63) is 0 Å². The second-order valence-corrected chi connectivity index (χ2v) is 3.43. The quantitative estimate of drug-likeness (QED) is 0.658. The molecule has 0 spiro atoms. The van der Waals surface area contributed by atoms with Crippen molar-refractivity contribution in [2.75, 3.05) is 26.7 Å². The zero-order valence-corrected chi connectivity index (χ0v) is 7.77. The second-order valence-electron chi connectivity index (χ2n) is 3.43. The van der Waals surface area contributed by atoms with Crippen LogP contribution in [0.5, 0.6) is 0 Å². The fraction of sp³-hybridized carbons (Fsp3) is 1.00. The van der Waals surface area contributed by atoms with Gasteiger partial charge < -0.3 is 10.2 Å². The summed E-state index contributed by atoms with van der Waals surface area (Å²) in [7, 11) is 2.07. The van der Waals surface area contributed by atoms with Gasteiger partial charge in [0.05, 0.1) is 0 Å². The van der Waals surface area contributed by atoms with Crippen LogP contribution >= 0.6 is 0 Å². The molecule has 0 aromatic rings.